The zero-order valence-corrected chi connectivity index (χ0v) is 44.2. The van der Waals surface area contributed by atoms with Gasteiger partial charge in [0.1, 0.15) is 0 Å². The maximum atomic E-state index is 14.0. The number of aromatic carboxylic acids is 4. The van der Waals surface area contributed by atoms with E-state index in [2.05, 4.69) is 27.7 Å². The van der Waals surface area contributed by atoms with Gasteiger partial charge in [-0.05, 0) is 140 Å². The van der Waals surface area contributed by atoms with Crippen LogP contribution in [0.1, 0.15) is 344 Å². The van der Waals surface area contributed by atoms with Crippen LogP contribution in [-0.2, 0) is 32.1 Å². The third-order valence-corrected chi connectivity index (χ3v) is 16.1. The first-order valence-electron chi connectivity index (χ1n) is 28.9. The van der Waals surface area contributed by atoms with Crippen LogP contribution in [0.15, 0.2) is 0 Å². The van der Waals surface area contributed by atoms with E-state index in [1.807, 2.05) is 0 Å². The van der Waals surface area contributed by atoms with Crippen LogP contribution in [0.4, 0.5) is 0 Å². The number of hydrogen-bond donors (Lipinski definition) is 4. The van der Waals surface area contributed by atoms with Gasteiger partial charge in [0.25, 0.3) is 0 Å². The molecule has 8 nitrogen and oxygen atoms in total. The van der Waals surface area contributed by atoms with Crippen LogP contribution in [0.25, 0.3) is 0 Å². The molecule has 388 valence electrons. The van der Waals surface area contributed by atoms with Gasteiger partial charge in [0, 0.05) is 0 Å². The average molecular weight is 957 g/mol. The topological polar surface area (TPSA) is 149 Å². The first-order chi connectivity index (χ1) is 33.5. The molecule has 0 amide bonds. The van der Waals surface area contributed by atoms with E-state index in [1.54, 1.807) is 0 Å². The Morgan fingerprint density at radius 2 is 0.565 bits per heavy atom. The fourth-order valence-corrected chi connectivity index (χ4v) is 12.5. The molecule has 0 radical (unpaired) electrons. The highest BCUT2D eigenvalue weighted by Crippen LogP contribution is 2.46. The smallest absolute Gasteiger partial charge is 0.336 e. The Labute approximate surface area is 418 Å². The van der Waals surface area contributed by atoms with Crippen molar-refractivity contribution in [3.8, 4) is 0 Å². The summed E-state index contributed by atoms with van der Waals surface area (Å²) < 4.78 is 0. The highest BCUT2D eigenvalue weighted by atomic mass is 16.4. The summed E-state index contributed by atoms with van der Waals surface area (Å²) in [7, 11) is 0. The molecule has 0 aliphatic heterocycles. The Balaban J connectivity index is 2.19. The Morgan fingerprint density at radius 3 is 0.826 bits per heavy atom. The van der Waals surface area contributed by atoms with E-state index < -0.39 is 23.9 Å². The summed E-state index contributed by atoms with van der Waals surface area (Å²) in [4.78, 5) is 55.7. The number of carboxylic acid groups (broad SMARTS) is 4. The summed E-state index contributed by atoms with van der Waals surface area (Å²) in [6.45, 7) is 8.81. The van der Waals surface area contributed by atoms with Gasteiger partial charge in [-0.2, -0.15) is 0 Å². The number of unbranched alkanes of at least 4 members (excludes halogenated alkanes) is 20. The Kier molecular flexibility index (Phi) is 27.1. The molecule has 8 heteroatoms. The zero-order chi connectivity index (χ0) is 50.0. The fourth-order valence-electron chi connectivity index (χ4n) is 12.5. The van der Waals surface area contributed by atoms with Crippen molar-refractivity contribution in [3.63, 3.8) is 0 Å². The van der Waals surface area contributed by atoms with E-state index in [-0.39, 0.29) is 34.1 Å². The molecule has 2 fully saturated rings. The lowest BCUT2D eigenvalue weighted by Gasteiger charge is -2.33. The Bertz CT molecular complexity index is 1760. The van der Waals surface area contributed by atoms with Gasteiger partial charge in [-0.25, -0.2) is 19.2 Å². The minimum Gasteiger partial charge on any atom is -0.478 e. The highest BCUT2D eigenvalue weighted by Gasteiger charge is 2.37. The van der Waals surface area contributed by atoms with Gasteiger partial charge in [0.2, 0.25) is 0 Å². The van der Waals surface area contributed by atoms with Gasteiger partial charge >= 0.3 is 23.9 Å². The lowest BCUT2D eigenvalue weighted by Crippen LogP contribution is -2.25. The van der Waals surface area contributed by atoms with Crippen LogP contribution in [0.3, 0.4) is 0 Å². The summed E-state index contributed by atoms with van der Waals surface area (Å²) in [6.07, 6.45) is 36.5. The van der Waals surface area contributed by atoms with Crippen molar-refractivity contribution in [1.29, 1.82) is 0 Å². The molecule has 2 aromatic carbocycles. The van der Waals surface area contributed by atoms with E-state index in [4.69, 9.17) is 0 Å². The molecule has 0 heterocycles. The van der Waals surface area contributed by atoms with Gasteiger partial charge in [-0.15, -0.1) is 0 Å². The summed E-state index contributed by atoms with van der Waals surface area (Å²) in [5.74, 6) is -4.89. The molecule has 4 rings (SSSR count). The number of rotatable bonds is 36. The minimum atomic E-state index is -1.20. The van der Waals surface area contributed by atoms with E-state index in [0.29, 0.717) is 43.2 Å². The van der Waals surface area contributed by atoms with E-state index >= 15 is 0 Å². The summed E-state index contributed by atoms with van der Waals surface area (Å²) in [6, 6.07) is 0. The van der Waals surface area contributed by atoms with Gasteiger partial charge in [-0.3, -0.25) is 0 Å². The molecular formula is C61H96O8. The average Bonchev–Trinajstić information content (AvgIpc) is 3.34. The zero-order valence-electron chi connectivity index (χ0n) is 44.2. The summed E-state index contributed by atoms with van der Waals surface area (Å²) in [5, 5.41) is 45.4. The molecule has 0 aromatic heterocycles. The molecule has 0 saturated heterocycles. The van der Waals surface area contributed by atoms with Gasteiger partial charge in [0.15, 0.2) is 0 Å². The van der Waals surface area contributed by atoms with Crippen molar-refractivity contribution in [1.82, 2.24) is 0 Å². The molecule has 2 aliphatic carbocycles. The van der Waals surface area contributed by atoms with Crippen LogP contribution in [-0.4, -0.2) is 44.3 Å². The molecule has 0 unspecified atom stereocenters. The van der Waals surface area contributed by atoms with E-state index in [0.717, 1.165) is 239 Å². The van der Waals surface area contributed by atoms with Crippen LogP contribution in [0, 0.1) is 0 Å². The normalized spacial score (nSPS) is 14.7. The van der Waals surface area contributed by atoms with Crippen LogP contribution in [0.2, 0.25) is 0 Å². The quantitative estimate of drug-likeness (QED) is 0.0493. The molecule has 0 atom stereocenters. The summed E-state index contributed by atoms with van der Waals surface area (Å²) in [5.41, 5.74) is 6.30. The largest absolute Gasteiger partial charge is 0.478 e. The third kappa shape index (κ3) is 17.3. The second-order valence-corrected chi connectivity index (χ2v) is 21.3. The molecule has 2 aliphatic rings. The maximum Gasteiger partial charge on any atom is 0.336 e. The minimum absolute atomic E-state index is 0.0185. The molecule has 2 aromatic rings. The highest BCUT2D eigenvalue weighted by molar-refractivity contribution is 6.06. The van der Waals surface area contributed by atoms with E-state index in [1.165, 1.54) is 12.8 Å². The standard InChI is InChI=1S/C61H96O8/c1-5-9-13-17-21-31-39-46-50(48(41-33-23-19-15-11-7-3)54(58(62)63)56(60(66)67)52(46)44-35-27-25-28-36-44)43-51-47(40-32-22-18-14-10-6-2)53(45-37-29-26-30-38-45)57(61(68)69)55(59(64)65)49(51)42-34-24-20-16-12-8-4/h44-45H,5-43H2,1-4H3,(H,62,63)(H,64,65)(H,66,67)(H,68,69). The van der Waals surface area contributed by atoms with Crippen LogP contribution >= 0.6 is 0 Å². The van der Waals surface area contributed by atoms with E-state index in [9.17, 15) is 39.6 Å². The number of benzene rings is 2. The first-order valence-corrected chi connectivity index (χ1v) is 28.9. The molecule has 0 bridgehead atoms. The van der Waals surface area contributed by atoms with Crippen LogP contribution < -0.4 is 0 Å². The van der Waals surface area contributed by atoms with Crippen molar-refractivity contribution >= 4 is 23.9 Å². The molecule has 69 heavy (non-hydrogen) atoms. The van der Waals surface area contributed by atoms with Crippen molar-refractivity contribution in [2.75, 3.05) is 0 Å². The molecule has 0 spiro atoms. The number of carbonyl (C=O) groups is 4. The third-order valence-electron chi connectivity index (χ3n) is 16.1. The number of carboxylic acids is 4. The second kappa shape index (κ2) is 32.3. The predicted molar refractivity (Wildman–Crippen MR) is 283 cm³/mol. The monoisotopic (exact) mass is 957 g/mol. The van der Waals surface area contributed by atoms with Gasteiger partial charge in [0.05, 0.1) is 22.3 Å². The fraction of sp³-hybridized carbons (Fsp3) is 0.738. The summed E-state index contributed by atoms with van der Waals surface area (Å²) >= 11 is 0. The molecule has 2 saturated carbocycles. The van der Waals surface area contributed by atoms with Crippen LogP contribution in [0.5, 0.6) is 0 Å². The van der Waals surface area contributed by atoms with Crippen molar-refractivity contribution in [3.05, 3.63) is 66.8 Å². The second-order valence-electron chi connectivity index (χ2n) is 21.3. The predicted octanol–water partition coefficient (Wildman–Crippen LogP) is 17.8. The van der Waals surface area contributed by atoms with Crippen molar-refractivity contribution < 1.29 is 39.6 Å². The lowest BCUT2D eigenvalue weighted by molar-refractivity contribution is 0.0648. The maximum absolute atomic E-state index is 14.0. The SMILES string of the molecule is CCCCCCCCc1c(Cc2c(CCCCCCCC)c(C(=O)O)c(C(=O)O)c(C3CCCCC3)c2CCCCCCCC)c(CCCCCCCC)c(C2CCCCC2)c(C(=O)O)c1C(=O)O. The molecular weight excluding hydrogens is 861 g/mol. The Morgan fingerprint density at radius 1 is 0.319 bits per heavy atom. The van der Waals surface area contributed by atoms with Crippen molar-refractivity contribution in [2.45, 2.75) is 290 Å². The van der Waals surface area contributed by atoms with Gasteiger partial charge < -0.3 is 20.4 Å². The lowest BCUT2D eigenvalue weighted by atomic mass is 9.70. The Hall–Kier alpha value is -3.68. The van der Waals surface area contributed by atoms with Gasteiger partial charge in [-0.1, -0.05) is 195 Å². The molecule has 4 N–H and O–H groups in total. The van der Waals surface area contributed by atoms with Crippen molar-refractivity contribution in [2.24, 2.45) is 0 Å². The number of hydrogen-bond acceptors (Lipinski definition) is 4. The first kappa shape index (κ1) is 57.9.